The van der Waals surface area contributed by atoms with E-state index >= 15 is 0 Å². The smallest absolute Gasteiger partial charge is 0.0656 e. The molecule has 0 aromatic rings. The highest BCUT2D eigenvalue weighted by Gasteiger charge is 2.77. The number of aliphatic hydroxyl groups is 1. The SMILES string of the molecule is CC(C)C1CCC(C)[C@@]23CC[C@](C)(O)[C@@H]2[C@@H]13. The largest absolute Gasteiger partial charge is 0.390 e. The van der Waals surface area contributed by atoms with E-state index in [2.05, 4.69) is 27.7 Å². The van der Waals surface area contributed by atoms with Gasteiger partial charge in [-0.3, -0.25) is 0 Å². The Hall–Kier alpha value is -0.0400. The first-order valence-corrected chi connectivity index (χ1v) is 7.13. The van der Waals surface area contributed by atoms with Crippen LogP contribution in [0.4, 0.5) is 0 Å². The highest BCUT2D eigenvalue weighted by Crippen LogP contribution is 2.80. The van der Waals surface area contributed by atoms with E-state index in [1.165, 1.54) is 19.3 Å². The maximum atomic E-state index is 10.5. The molecule has 0 aliphatic heterocycles. The Morgan fingerprint density at radius 3 is 2.50 bits per heavy atom. The van der Waals surface area contributed by atoms with E-state index in [0.29, 0.717) is 11.3 Å². The van der Waals surface area contributed by atoms with E-state index in [1.807, 2.05) is 0 Å². The van der Waals surface area contributed by atoms with Gasteiger partial charge in [-0.05, 0) is 67.6 Å². The minimum atomic E-state index is -0.351. The van der Waals surface area contributed by atoms with Crippen molar-refractivity contribution in [2.75, 3.05) is 0 Å². The van der Waals surface area contributed by atoms with E-state index in [0.717, 1.165) is 30.1 Å². The van der Waals surface area contributed by atoms with Gasteiger partial charge in [0.2, 0.25) is 0 Å². The lowest BCUT2D eigenvalue weighted by atomic mass is 9.69. The first-order chi connectivity index (χ1) is 7.41. The van der Waals surface area contributed by atoms with Crippen LogP contribution >= 0.6 is 0 Å². The summed E-state index contributed by atoms with van der Waals surface area (Å²) in [4.78, 5) is 0. The van der Waals surface area contributed by atoms with Crippen molar-refractivity contribution in [2.45, 2.75) is 59.0 Å². The Kier molecular flexibility index (Phi) is 2.11. The third kappa shape index (κ3) is 1.11. The monoisotopic (exact) mass is 222 g/mol. The van der Waals surface area contributed by atoms with Crippen LogP contribution in [0.1, 0.15) is 53.4 Å². The van der Waals surface area contributed by atoms with Gasteiger partial charge in [0.1, 0.15) is 0 Å². The predicted molar refractivity (Wildman–Crippen MR) is 66.0 cm³/mol. The zero-order valence-electron chi connectivity index (χ0n) is 11.2. The van der Waals surface area contributed by atoms with Gasteiger partial charge < -0.3 is 5.11 Å². The van der Waals surface area contributed by atoms with E-state index in [1.54, 1.807) is 0 Å². The van der Waals surface area contributed by atoms with Crippen LogP contribution in [0.25, 0.3) is 0 Å². The molecule has 3 rings (SSSR count). The van der Waals surface area contributed by atoms with Crippen molar-refractivity contribution >= 4 is 0 Å². The summed E-state index contributed by atoms with van der Waals surface area (Å²) in [5.74, 6) is 4.01. The standard InChI is InChI=1S/C15H26O/c1-9(2)11-6-5-10(3)15-8-7-14(4,16)13(15)12(11)15/h9-13,16H,5-8H2,1-4H3/t10?,11?,12-,13+,14+,15-/m1/s1. The lowest BCUT2D eigenvalue weighted by Crippen LogP contribution is -2.30. The molecule has 1 spiro atoms. The molecule has 6 atom stereocenters. The second-order valence-corrected chi connectivity index (χ2v) is 7.36. The van der Waals surface area contributed by atoms with Crippen molar-refractivity contribution in [1.82, 2.24) is 0 Å². The van der Waals surface area contributed by atoms with Crippen LogP contribution in [0.2, 0.25) is 0 Å². The molecule has 0 bridgehead atoms. The van der Waals surface area contributed by atoms with Crippen molar-refractivity contribution in [1.29, 1.82) is 0 Å². The van der Waals surface area contributed by atoms with Crippen molar-refractivity contribution in [2.24, 2.45) is 35.0 Å². The molecule has 1 heteroatoms. The molecule has 2 unspecified atom stereocenters. The van der Waals surface area contributed by atoms with Gasteiger partial charge in [0, 0.05) is 0 Å². The topological polar surface area (TPSA) is 20.2 Å². The van der Waals surface area contributed by atoms with Gasteiger partial charge in [-0.15, -0.1) is 0 Å². The van der Waals surface area contributed by atoms with Crippen molar-refractivity contribution in [3.8, 4) is 0 Å². The fourth-order valence-electron chi connectivity index (χ4n) is 5.57. The third-order valence-electron chi connectivity index (χ3n) is 6.35. The second-order valence-electron chi connectivity index (χ2n) is 7.36. The molecule has 3 fully saturated rings. The van der Waals surface area contributed by atoms with Crippen LogP contribution in [0, 0.1) is 35.0 Å². The molecular weight excluding hydrogens is 196 g/mol. The summed E-state index contributed by atoms with van der Waals surface area (Å²) in [6.45, 7) is 9.27. The van der Waals surface area contributed by atoms with Gasteiger partial charge >= 0.3 is 0 Å². The van der Waals surface area contributed by atoms with Gasteiger partial charge in [-0.1, -0.05) is 20.8 Å². The van der Waals surface area contributed by atoms with Gasteiger partial charge in [0.25, 0.3) is 0 Å². The molecule has 0 aromatic heterocycles. The van der Waals surface area contributed by atoms with Crippen LogP contribution in [-0.2, 0) is 0 Å². The summed E-state index contributed by atoms with van der Waals surface area (Å²) in [5, 5.41) is 10.5. The van der Waals surface area contributed by atoms with Crippen LogP contribution in [0.3, 0.4) is 0 Å². The molecule has 0 amide bonds. The lowest BCUT2D eigenvalue weighted by molar-refractivity contribution is 0.0291. The Bertz CT molecular complexity index is 307. The van der Waals surface area contributed by atoms with Crippen LogP contribution in [0.5, 0.6) is 0 Å². The average molecular weight is 222 g/mol. The normalized spacial score (nSPS) is 59.6. The van der Waals surface area contributed by atoms with E-state index in [-0.39, 0.29) is 5.60 Å². The molecular formula is C15H26O. The Labute approximate surface area is 99.6 Å². The summed E-state index contributed by atoms with van der Waals surface area (Å²) in [7, 11) is 0. The summed E-state index contributed by atoms with van der Waals surface area (Å²) >= 11 is 0. The molecule has 0 aromatic carbocycles. The zero-order valence-corrected chi connectivity index (χ0v) is 11.2. The fourth-order valence-corrected chi connectivity index (χ4v) is 5.57. The van der Waals surface area contributed by atoms with Gasteiger partial charge in [-0.2, -0.15) is 0 Å². The molecule has 92 valence electrons. The van der Waals surface area contributed by atoms with Gasteiger partial charge in [0.15, 0.2) is 0 Å². The molecule has 0 radical (unpaired) electrons. The third-order valence-corrected chi connectivity index (χ3v) is 6.35. The van der Waals surface area contributed by atoms with Gasteiger partial charge in [0.05, 0.1) is 5.60 Å². The van der Waals surface area contributed by atoms with E-state index in [9.17, 15) is 5.11 Å². The number of rotatable bonds is 1. The first-order valence-electron chi connectivity index (χ1n) is 7.13. The minimum absolute atomic E-state index is 0.351. The Balaban J connectivity index is 1.92. The van der Waals surface area contributed by atoms with Crippen LogP contribution < -0.4 is 0 Å². The summed E-state index contributed by atoms with van der Waals surface area (Å²) in [6.07, 6.45) is 5.13. The van der Waals surface area contributed by atoms with Crippen molar-refractivity contribution < 1.29 is 5.11 Å². The maximum absolute atomic E-state index is 10.5. The number of hydrogen-bond acceptors (Lipinski definition) is 1. The molecule has 1 N–H and O–H groups in total. The predicted octanol–water partition coefficient (Wildman–Crippen LogP) is 3.47. The minimum Gasteiger partial charge on any atom is -0.390 e. The molecule has 0 heterocycles. The molecule has 16 heavy (non-hydrogen) atoms. The number of fused-ring (bicyclic) bond motifs is 1. The maximum Gasteiger partial charge on any atom is 0.0656 e. The Morgan fingerprint density at radius 2 is 1.88 bits per heavy atom. The van der Waals surface area contributed by atoms with Gasteiger partial charge in [-0.25, -0.2) is 0 Å². The lowest BCUT2D eigenvalue weighted by Gasteiger charge is -2.36. The summed E-state index contributed by atoms with van der Waals surface area (Å²) < 4.78 is 0. The average Bonchev–Trinajstić information content (AvgIpc) is 2.79. The highest BCUT2D eigenvalue weighted by molar-refractivity contribution is 5.26. The quantitative estimate of drug-likeness (QED) is 0.720. The Morgan fingerprint density at radius 1 is 1.19 bits per heavy atom. The molecule has 1 nitrogen and oxygen atoms in total. The second kappa shape index (κ2) is 3.04. The fraction of sp³-hybridized carbons (Fsp3) is 1.00. The summed E-state index contributed by atoms with van der Waals surface area (Å²) in [6, 6.07) is 0. The van der Waals surface area contributed by atoms with E-state index < -0.39 is 0 Å². The van der Waals surface area contributed by atoms with Crippen LogP contribution in [0.15, 0.2) is 0 Å². The highest BCUT2D eigenvalue weighted by atomic mass is 16.3. The van der Waals surface area contributed by atoms with Crippen LogP contribution in [-0.4, -0.2) is 10.7 Å². The zero-order chi connectivity index (χ0) is 11.7. The molecule has 0 saturated heterocycles. The van der Waals surface area contributed by atoms with Crippen molar-refractivity contribution in [3.05, 3.63) is 0 Å². The first kappa shape index (κ1) is 11.1. The molecule has 3 saturated carbocycles. The molecule has 3 aliphatic carbocycles. The van der Waals surface area contributed by atoms with Crippen molar-refractivity contribution in [3.63, 3.8) is 0 Å². The number of hydrogen-bond donors (Lipinski definition) is 1. The summed E-state index contributed by atoms with van der Waals surface area (Å²) in [5.41, 5.74) is 0.201. The molecule has 3 aliphatic rings. The van der Waals surface area contributed by atoms with E-state index in [4.69, 9.17) is 0 Å².